The Balaban J connectivity index is 0.00000220. The molecule has 0 heterocycles. The number of halogens is 1. The monoisotopic (exact) mass is 364 g/mol. The van der Waals surface area contributed by atoms with Gasteiger partial charge in [-0.1, -0.05) is 81.3 Å². The summed E-state index contributed by atoms with van der Waals surface area (Å²) in [5, 5.41) is 3.13. The summed E-state index contributed by atoms with van der Waals surface area (Å²) in [6.45, 7) is 4.56. The zero-order valence-corrected chi connectivity index (χ0v) is 15.7. The third kappa shape index (κ3) is 5.24. The van der Waals surface area contributed by atoms with Gasteiger partial charge in [0.25, 0.3) is 0 Å². The van der Waals surface area contributed by atoms with Crippen LogP contribution in [0, 0.1) is 0 Å². The predicted octanol–water partition coefficient (Wildman–Crippen LogP) is 5.45. The molecular formula is C19H26BrP. The van der Waals surface area contributed by atoms with Gasteiger partial charge in [-0.15, -0.1) is 17.0 Å². The van der Waals surface area contributed by atoms with Crippen LogP contribution < -0.4 is 10.6 Å². The highest BCUT2D eigenvalue weighted by atomic mass is 79.9. The molecule has 0 spiro atoms. The first-order chi connectivity index (χ1) is 9.86. The van der Waals surface area contributed by atoms with Gasteiger partial charge in [-0.05, 0) is 43.1 Å². The number of aryl methyl sites for hydroxylation is 1. The number of benzene rings is 2. The van der Waals surface area contributed by atoms with Gasteiger partial charge in [0.15, 0.2) is 0 Å². The zero-order chi connectivity index (χ0) is 14.2. The second-order valence-electron chi connectivity index (χ2n) is 5.22. The van der Waals surface area contributed by atoms with E-state index in [4.69, 9.17) is 0 Å². The van der Waals surface area contributed by atoms with E-state index in [2.05, 4.69) is 68.4 Å². The minimum Gasteiger partial charge on any atom is -0.114 e. The van der Waals surface area contributed by atoms with Crippen molar-refractivity contribution in [3.8, 4) is 0 Å². The Kier molecular flexibility index (Phi) is 8.88. The Hall–Kier alpha value is -0.650. The van der Waals surface area contributed by atoms with Crippen LogP contribution in [0.3, 0.4) is 0 Å². The summed E-state index contributed by atoms with van der Waals surface area (Å²) in [7, 11) is -0.189. The Bertz CT molecular complexity index is 510. The summed E-state index contributed by atoms with van der Waals surface area (Å²) >= 11 is 0. The molecule has 0 N–H and O–H groups in total. The average Bonchev–Trinajstić information content (AvgIpc) is 2.50. The molecule has 0 saturated carbocycles. The molecule has 0 amide bonds. The normalized spacial score (nSPS) is 11.7. The molecule has 2 heteroatoms. The van der Waals surface area contributed by atoms with E-state index in [0.29, 0.717) is 0 Å². The van der Waals surface area contributed by atoms with Gasteiger partial charge >= 0.3 is 0 Å². The zero-order valence-electron chi connectivity index (χ0n) is 13.1. The predicted molar refractivity (Wildman–Crippen MR) is 103 cm³/mol. The van der Waals surface area contributed by atoms with Crippen molar-refractivity contribution in [2.75, 3.05) is 6.16 Å². The minimum absolute atomic E-state index is 0. The molecular weight excluding hydrogens is 339 g/mol. The average molecular weight is 365 g/mol. The summed E-state index contributed by atoms with van der Waals surface area (Å²) in [5.41, 5.74) is 1.56. The molecule has 1 atom stereocenters. The summed E-state index contributed by atoms with van der Waals surface area (Å²) in [6, 6.07) is 20.2. The van der Waals surface area contributed by atoms with Gasteiger partial charge in [0.2, 0.25) is 0 Å². The molecule has 21 heavy (non-hydrogen) atoms. The van der Waals surface area contributed by atoms with Gasteiger partial charge < -0.3 is 0 Å². The lowest BCUT2D eigenvalue weighted by atomic mass is 10.1. The minimum atomic E-state index is -0.189. The molecule has 0 nitrogen and oxygen atoms in total. The maximum absolute atomic E-state index is 2.36. The lowest BCUT2D eigenvalue weighted by Crippen LogP contribution is -2.17. The van der Waals surface area contributed by atoms with Gasteiger partial charge in [-0.2, -0.15) is 0 Å². The third-order valence-corrected chi connectivity index (χ3v) is 6.31. The van der Waals surface area contributed by atoms with Crippen LogP contribution in [0.25, 0.3) is 0 Å². The van der Waals surface area contributed by atoms with Crippen LogP contribution in [0.2, 0.25) is 0 Å². The van der Waals surface area contributed by atoms with Crippen LogP contribution >= 0.6 is 24.9 Å². The van der Waals surface area contributed by atoms with E-state index in [1.807, 2.05) is 0 Å². The summed E-state index contributed by atoms with van der Waals surface area (Å²) in [6.07, 6.45) is 6.34. The second-order valence-corrected chi connectivity index (χ2v) is 7.52. The van der Waals surface area contributed by atoms with Crippen molar-refractivity contribution in [2.24, 2.45) is 0 Å². The van der Waals surface area contributed by atoms with E-state index in [9.17, 15) is 0 Å². The lowest BCUT2D eigenvalue weighted by Gasteiger charge is -2.21. The molecule has 0 aliphatic rings. The van der Waals surface area contributed by atoms with Crippen LogP contribution in [-0.4, -0.2) is 6.16 Å². The van der Waals surface area contributed by atoms with E-state index in [1.54, 1.807) is 10.9 Å². The molecule has 114 valence electrons. The Morgan fingerprint density at radius 3 is 2.14 bits per heavy atom. The Morgan fingerprint density at radius 1 is 0.810 bits per heavy atom. The standard InChI is InChI=1S/C19H25P.BrH/c1-3-5-16-20(18-13-7-6-8-14-18)19-15-10-9-12-17(19)11-4-2;/h6-10,12-15H,3-5,11,16H2,1-2H3;1H. The van der Waals surface area contributed by atoms with E-state index in [0.717, 1.165) is 0 Å². The summed E-state index contributed by atoms with van der Waals surface area (Å²) in [4.78, 5) is 0. The number of rotatable bonds is 7. The number of hydrogen-bond donors (Lipinski definition) is 0. The molecule has 0 aromatic heterocycles. The van der Waals surface area contributed by atoms with Crippen LogP contribution in [0.5, 0.6) is 0 Å². The van der Waals surface area contributed by atoms with Crippen molar-refractivity contribution < 1.29 is 0 Å². The molecule has 0 aliphatic heterocycles. The first-order valence-corrected chi connectivity index (χ1v) is 9.30. The summed E-state index contributed by atoms with van der Waals surface area (Å²) in [5.74, 6) is 0. The molecule has 0 fully saturated rings. The molecule has 1 unspecified atom stereocenters. The van der Waals surface area contributed by atoms with E-state index >= 15 is 0 Å². The van der Waals surface area contributed by atoms with Crippen LogP contribution in [0.1, 0.15) is 38.7 Å². The molecule has 0 saturated heterocycles. The van der Waals surface area contributed by atoms with E-state index < -0.39 is 0 Å². The van der Waals surface area contributed by atoms with Crippen LogP contribution in [0.4, 0.5) is 0 Å². The number of unbranched alkanes of at least 4 members (excludes halogenated alkanes) is 1. The molecule has 0 aliphatic carbocycles. The maximum Gasteiger partial charge on any atom is -0.0163 e. The molecule has 2 aromatic rings. The highest BCUT2D eigenvalue weighted by Gasteiger charge is 2.15. The third-order valence-electron chi connectivity index (χ3n) is 3.60. The Morgan fingerprint density at radius 2 is 1.48 bits per heavy atom. The molecule has 2 aromatic carbocycles. The second kappa shape index (κ2) is 10.1. The summed E-state index contributed by atoms with van der Waals surface area (Å²) < 4.78 is 0. The largest absolute Gasteiger partial charge is 0.114 e. The molecule has 0 bridgehead atoms. The quantitative estimate of drug-likeness (QED) is 0.573. The van der Waals surface area contributed by atoms with Crippen molar-refractivity contribution in [1.29, 1.82) is 0 Å². The smallest absolute Gasteiger partial charge is 0.0163 e. The van der Waals surface area contributed by atoms with Crippen LogP contribution in [0.15, 0.2) is 54.6 Å². The van der Waals surface area contributed by atoms with Gasteiger partial charge in [0.1, 0.15) is 0 Å². The lowest BCUT2D eigenvalue weighted by molar-refractivity contribution is 0.893. The topological polar surface area (TPSA) is 0 Å². The van der Waals surface area contributed by atoms with Crippen LogP contribution in [-0.2, 0) is 6.42 Å². The first kappa shape index (κ1) is 18.4. The van der Waals surface area contributed by atoms with Gasteiger partial charge in [-0.25, -0.2) is 0 Å². The Labute approximate surface area is 141 Å². The number of hydrogen-bond acceptors (Lipinski definition) is 0. The first-order valence-electron chi connectivity index (χ1n) is 7.77. The SMILES string of the molecule is Br.CCCCP(c1ccccc1)c1ccccc1CCC. The van der Waals surface area contributed by atoms with Crippen molar-refractivity contribution in [3.05, 3.63) is 60.2 Å². The van der Waals surface area contributed by atoms with Crippen molar-refractivity contribution in [2.45, 2.75) is 39.5 Å². The highest BCUT2D eigenvalue weighted by Crippen LogP contribution is 2.36. The fourth-order valence-corrected chi connectivity index (χ4v) is 5.31. The van der Waals surface area contributed by atoms with Gasteiger partial charge in [-0.3, -0.25) is 0 Å². The molecule has 2 rings (SSSR count). The highest BCUT2D eigenvalue weighted by molar-refractivity contribution is 8.93. The van der Waals surface area contributed by atoms with Gasteiger partial charge in [0, 0.05) is 0 Å². The van der Waals surface area contributed by atoms with E-state index in [1.165, 1.54) is 37.1 Å². The van der Waals surface area contributed by atoms with Crippen molar-refractivity contribution >= 4 is 35.5 Å². The fourth-order valence-electron chi connectivity index (χ4n) is 2.57. The molecule has 0 radical (unpaired) electrons. The van der Waals surface area contributed by atoms with E-state index in [-0.39, 0.29) is 24.9 Å². The maximum atomic E-state index is 2.36. The van der Waals surface area contributed by atoms with Crippen molar-refractivity contribution in [1.82, 2.24) is 0 Å². The van der Waals surface area contributed by atoms with Gasteiger partial charge in [0.05, 0.1) is 0 Å². The van der Waals surface area contributed by atoms with Crippen molar-refractivity contribution in [3.63, 3.8) is 0 Å². The fraction of sp³-hybridized carbons (Fsp3) is 0.368.